The number of nitrogen functional groups attached to an aromatic ring is 1. The molecule has 0 bridgehead atoms. The summed E-state index contributed by atoms with van der Waals surface area (Å²) in [5.41, 5.74) is 10.0. The number of aryl methyl sites for hydroxylation is 2. The fraction of sp³-hybridized carbons (Fsp3) is 0.200. The topological polar surface area (TPSA) is 98.3 Å². The van der Waals surface area contributed by atoms with Crippen molar-refractivity contribution in [3.63, 3.8) is 0 Å². The minimum Gasteiger partial charge on any atom is -0.388 e. The molecule has 0 unspecified atom stereocenters. The molecule has 7 heteroatoms. The number of nitrogens with two attached hydrogens (primary N) is 1. The van der Waals surface area contributed by atoms with Crippen LogP contribution in [0.5, 0.6) is 0 Å². The van der Waals surface area contributed by atoms with Crippen molar-refractivity contribution in [2.24, 2.45) is 5.16 Å². The maximum Gasteiger partial charge on any atom is 0.232 e. The summed E-state index contributed by atoms with van der Waals surface area (Å²) < 4.78 is 0. The summed E-state index contributed by atoms with van der Waals surface area (Å²) in [6.45, 7) is 4.20. The molecule has 1 aromatic heterocycles. The molecule has 0 spiro atoms. The van der Waals surface area contributed by atoms with Gasteiger partial charge in [0.2, 0.25) is 11.9 Å². The second-order valence-electron chi connectivity index (χ2n) is 5.93. The predicted molar refractivity (Wildman–Crippen MR) is 107 cm³/mol. The number of para-hydroxylation sites is 1. The Hall–Kier alpha value is -3.48. The van der Waals surface area contributed by atoms with Gasteiger partial charge in [-0.2, -0.15) is 15.0 Å². The first kappa shape index (κ1) is 18.3. The number of nitrogens with zero attached hydrogens (tertiary/aromatic N) is 4. The molecule has 0 amide bonds. The fourth-order valence-corrected chi connectivity index (χ4v) is 2.55. The van der Waals surface area contributed by atoms with Crippen molar-refractivity contribution in [2.45, 2.75) is 26.9 Å². The van der Waals surface area contributed by atoms with Crippen LogP contribution in [0.15, 0.2) is 53.7 Å². The van der Waals surface area contributed by atoms with E-state index in [2.05, 4.69) is 38.4 Å². The standard InChI is InChI=1S/C20H22N6O/c1-3-15-9-6-7-11-17(15)23-20-25-18(24-19(21)26-20)13-27-22-12-16-10-5-4-8-14(16)2/h4-12H,3,13H2,1-2H3,(H3,21,23,24,25,26)/b22-12+. The summed E-state index contributed by atoms with van der Waals surface area (Å²) in [5.74, 6) is 0.911. The van der Waals surface area contributed by atoms with Gasteiger partial charge in [-0.15, -0.1) is 0 Å². The highest BCUT2D eigenvalue weighted by molar-refractivity contribution is 5.81. The number of rotatable bonds is 7. The maximum absolute atomic E-state index is 5.80. The maximum atomic E-state index is 5.80. The van der Waals surface area contributed by atoms with Gasteiger partial charge in [-0.25, -0.2) is 0 Å². The van der Waals surface area contributed by atoms with Gasteiger partial charge in [-0.05, 0) is 36.1 Å². The molecule has 2 aromatic carbocycles. The summed E-state index contributed by atoms with van der Waals surface area (Å²) in [4.78, 5) is 17.9. The number of nitrogens with one attached hydrogen (secondary N) is 1. The van der Waals surface area contributed by atoms with Gasteiger partial charge in [0.15, 0.2) is 12.4 Å². The summed E-state index contributed by atoms with van der Waals surface area (Å²) in [5, 5.41) is 7.17. The molecular formula is C20H22N6O. The minimum absolute atomic E-state index is 0.0964. The lowest BCUT2D eigenvalue weighted by molar-refractivity contribution is 0.126. The van der Waals surface area contributed by atoms with Crippen LogP contribution in [0.3, 0.4) is 0 Å². The van der Waals surface area contributed by atoms with Crippen molar-refractivity contribution >= 4 is 23.8 Å². The molecule has 3 N–H and O–H groups in total. The second-order valence-corrected chi connectivity index (χ2v) is 5.93. The van der Waals surface area contributed by atoms with Gasteiger partial charge in [0.05, 0.1) is 6.21 Å². The van der Waals surface area contributed by atoms with Crippen molar-refractivity contribution in [2.75, 3.05) is 11.1 Å². The molecule has 0 radical (unpaired) electrons. The molecule has 0 aliphatic rings. The first-order chi connectivity index (χ1) is 13.2. The zero-order valence-corrected chi connectivity index (χ0v) is 15.4. The Morgan fingerprint density at radius 1 is 1.07 bits per heavy atom. The van der Waals surface area contributed by atoms with E-state index in [-0.39, 0.29) is 12.6 Å². The van der Waals surface area contributed by atoms with Crippen LogP contribution in [-0.2, 0) is 17.9 Å². The lowest BCUT2D eigenvalue weighted by Crippen LogP contribution is -2.08. The lowest BCUT2D eigenvalue weighted by Gasteiger charge is -2.10. The SMILES string of the molecule is CCc1ccccc1Nc1nc(N)nc(CO/N=C/c2ccccc2C)n1. The van der Waals surface area contributed by atoms with E-state index in [1.54, 1.807) is 6.21 Å². The van der Waals surface area contributed by atoms with Crippen molar-refractivity contribution < 1.29 is 4.84 Å². The zero-order chi connectivity index (χ0) is 19.1. The van der Waals surface area contributed by atoms with Crippen LogP contribution in [0.4, 0.5) is 17.6 Å². The highest BCUT2D eigenvalue weighted by Gasteiger charge is 2.07. The van der Waals surface area contributed by atoms with Gasteiger partial charge in [0, 0.05) is 5.69 Å². The van der Waals surface area contributed by atoms with Gasteiger partial charge < -0.3 is 15.9 Å². The molecule has 138 valence electrons. The zero-order valence-electron chi connectivity index (χ0n) is 15.4. The normalized spacial score (nSPS) is 10.9. The van der Waals surface area contributed by atoms with E-state index in [0.29, 0.717) is 11.8 Å². The third-order valence-electron chi connectivity index (χ3n) is 3.99. The molecule has 0 fully saturated rings. The average Bonchev–Trinajstić information content (AvgIpc) is 2.66. The number of benzene rings is 2. The molecule has 0 aliphatic carbocycles. The van der Waals surface area contributed by atoms with Crippen LogP contribution in [0.2, 0.25) is 0 Å². The molecule has 0 saturated heterocycles. The number of oxime groups is 1. The highest BCUT2D eigenvalue weighted by atomic mass is 16.6. The van der Waals surface area contributed by atoms with Crippen LogP contribution < -0.4 is 11.1 Å². The third-order valence-corrected chi connectivity index (χ3v) is 3.99. The second kappa shape index (κ2) is 8.75. The molecular weight excluding hydrogens is 340 g/mol. The first-order valence-electron chi connectivity index (χ1n) is 8.72. The Balaban J connectivity index is 1.67. The molecule has 0 aliphatic heterocycles. The largest absolute Gasteiger partial charge is 0.388 e. The summed E-state index contributed by atoms with van der Waals surface area (Å²) in [6.07, 6.45) is 2.56. The van der Waals surface area contributed by atoms with Crippen LogP contribution in [0.25, 0.3) is 0 Å². The third kappa shape index (κ3) is 5.01. The van der Waals surface area contributed by atoms with Gasteiger partial charge in [-0.1, -0.05) is 54.5 Å². The van der Waals surface area contributed by atoms with Crippen molar-refractivity contribution in [1.29, 1.82) is 0 Å². The summed E-state index contributed by atoms with van der Waals surface area (Å²) >= 11 is 0. The Kier molecular flexibility index (Phi) is 5.94. The van der Waals surface area contributed by atoms with E-state index in [1.807, 2.05) is 49.4 Å². The molecule has 1 heterocycles. The predicted octanol–water partition coefficient (Wildman–Crippen LogP) is 3.62. The Morgan fingerprint density at radius 2 is 1.85 bits per heavy atom. The molecule has 7 nitrogen and oxygen atoms in total. The number of aromatic nitrogens is 3. The van der Waals surface area contributed by atoms with E-state index >= 15 is 0 Å². The Labute approximate surface area is 158 Å². The first-order valence-corrected chi connectivity index (χ1v) is 8.72. The number of hydrogen-bond acceptors (Lipinski definition) is 7. The van der Waals surface area contributed by atoms with E-state index < -0.39 is 0 Å². The van der Waals surface area contributed by atoms with Crippen LogP contribution in [0, 0.1) is 6.92 Å². The van der Waals surface area contributed by atoms with E-state index in [0.717, 1.165) is 28.8 Å². The molecule has 27 heavy (non-hydrogen) atoms. The van der Waals surface area contributed by atoms with Gasteiger partial charge in [0.25, 0.3) is 0 Å². The highest BCUT2D eigenvalue weighted by Crippen LogP contribution is 2.19. The van der Waals surface area contributed by atoms with Gasteiger partial charge in [0.1, 0.15) is 0 Å². The van der Waals surface area contributed by atoms with E-state index in [1.165, 1.54) is 0 Å². The molecule has 0 atom stereocenters. The quantitative estimate of drug-likeness (QED) is 0.492. The molecule has 3 aromatic rings. The van der Waals surface area contributed by atoms with Crippen molar-refractivity contribution in [3.05, 3.63) is 71.0 Å². The summed E-state index contributed by atoms with van der Waals surface area (Å²) in [6, 6.07) is 15.9. The lowest BCUT2D eigenvalue weighted by atomic mass is 10.1. The molecule has 0 saturated carbocycles. The summed E-state index contributed by atoms with van der Waals surface area (Å²) in [7, 11) is 0. The van der Waals surface area contributed by atoms with Crippen molar-refractivity contribution in [1.82, 2.24) is 15.0 Å². The number of hydrogen-bond donors (Lipinski definition) is 2. The monoisotopic (exact) mass is 362 g/mol. The molecule has 3 rings (SSSR count). The Bertz CT molecular complexity index is 941. The smallest absolute Gasteiger partial charge is 0.232 e. The average molecular weight is 362 g/mol. The Morgan fingerprint density at radius 3 is 2.67 bits per heavy atom. The fourth-order valence-electron chi connectivity index (χ4n) is 2.55. The number of anilines is 3. The van der Waals surface area contributed by atoms with Crippen LogP contribution >= 0.6 is 0 Å². The van der Waals surface area contributed by atoms with E-state index in [4.69, 9.17) is 10.6 Å². The van der Waals surface area contributed by atoms with Crippen LogP contribution in [0.1, 0.15) is 29.4 Å². The van der Waals surface area contributed by atoms with Gasteiger partial charge >= 0.3 is 0 Å². The van der Waals surface area contributed by atoms with Crippen LogP contribution in [-0.4, -0.2) is 21.2 Å². The minimum atomic E-state index is 0.0964. The van der Waals surface area contributed by atoms with Crippen molar-refractivity contribution in [3.8, 4) is 0 Å². The van der Waals surface area contributed by atoms with Gasteiger partial charge in [-0.3, -0.25) is 0 Å². The van der Waals surface area contributed by atoms with E-state index in [9.17, 15) is 0 Å².